The number of aromatic nitrogens is 1. The molecule has 0 radical (unpaired) electrons. The van der Waals surface area contributed by atoms with Gasteiger partial charge in [0.2, 0.25) is 0 Å². The normalized spacial score (nSPS) is 12.0. The van der Waals surface area contributed by atoms with Crippen LogP contribution in [-0.2, 0) is 11.2 Å². The zero-order valence-electron chi connectivity index (χ0n) is 11.7. The number of ether oxygens (including phenoxy) is 1. The lowest BCUT2D eigenvalue weighted by Gasteiger charge is -2.14. The Labute approximate surface area is 113 Å². The minimum absolute atomic E-state index is 0.0467. The van der Waals surface area contributed by atoms with Gasteiger partial charge >= 0.3 is 0 Å². The third-order valence-electron chi connectivity index (χ3n) is 2.59. The number of aryl methyl sites for hydroxylation is 1. The summed E-state index contributed by atoms with van der Waals surface area (Å²) in [7, 11) is 1.60. The largest absolute Gasteiger partial charge is 0.383 e. The number of rotatable bonds is 7. The third kappa shape index (κ3) is 4.84. The Morgan fingerprint density at radius 2 is 2.26 bits per heavy atom. The molecule has 1 unspecified atom stereocenters. The van der Waals surface area contributed by atoms with Crippen molar-refractivity contribution < 1.29 is 9.53 Å². The van der Waals surface area contributed by atoms with Crippen molar-refractivity contribution in [3.05, 3.63) is 23.4 Å². The maximum Gasteiger partial charge on any atom is 0.251 e. The highest BCUT2D eigenvalue weighted by molar-refractivity contribution is 5.95. The van der Waals surface area contributed by atoms with Crippen molar-refractivity contribution in [1.29, 1.82) is 0 Å². The van der Waals surface area contributed by atoms with Crippen molar-refractivity contribution in [2.24, 2.45) is 5.84 Å². The quantitative estimate of drug-likeness (QED) is 0.507. The van der Waals surface area contributed by atoms with Crippen LogP contribution in [0.25, 0.3) is 0 Å². The van der Waals surface area contributed by atoms with Gasteiger partial charge in [0, 0.05) is 24.4 Å². The molecule has 0 saturated heterocycles. The van der Waals surface area contributed by atoms with E-state index in [0.29, 0.717) is 18.0 Å². The lowest BCUT2D eigenvalue weighted by Crippen LogP contribution is -2.35. The van der Waals surface area contributed by atoms with Crippen molar-refractivity contribution in [2.45, 2.75) is 32.7 Å². The van der Waals surface area contributed by atoms with E-state index < -0.39 is 0 Å². The van der Waals surface area contributed by atoms with Crippen molar-refractivity contribution in [3.63, 3.8) is 0 Å². The van der Waals surface area contributed by atoms with Gasteiger partial charge in [0.25, 0.3) is 5.91 Å². The van der Waals surface area contributed by atoms with Crippen LogP contribution >= 0.6 is 0 Å². The van der Waals surface area contributed by atoms with E-state index in [-0.39, 0.29) is 11.9 Å². The van der Waals surface area contributed by atoms with E-state index in [4.69, 9.17) is 10.6 Å². The van der Waals surface area contributed by atoms with Crippen LogP contribution in [0.2, 0.25) is 0 Å². The number of nitrogens with two attached hydrogens (primary N) is 1. The van der Waals surface area contributed by atoms with E-state index in [0.717, 1.165) is 18.5 Å². The molecular formula is C13H22N4O2. The predicted molar refractivity (Wildman–Crippen MR) is 74.8 cm³/mol. The van der Waals surface area contributed by atoms with Gasteiger partial charge in [-0.3, -0.25) is 4.79 Å². The van der Waals surface area contributed by atoms with Crippen LogP contribution in [0.1, 0.15) is 36.3 Å². The Morgan fingerprint density at radius 3 is 2.84 bits per heavy atom. The van der Waals surface area contributed by atoms with Crippen LogP contribution in [0.5, 0.6) is 0 Å². The van der Waals surface area contributed by atoms with Gasteiger partial charge in [-0.25, -0.2) is 10.8 Å². The highest BCUT2D eigenvalue weighted by Gasteiger charge is 2.12. The number of carbonyl (C=O) groups excluding carboxylic acids is 1. The van der Waals surface area contributed by atoms with Gasteiger partial charge in [0.1, 0.15) is 5.82 Å². The first-order valence-electron chi connectivity index (χ1n) is 6.38. The first-order chi connectivity index (χ1) is 9.10. The van der Waals surface area contributed by atoms with Crippen LogP contribution in [0.3, 0.4) is 0 Å². The van der Waals surface area contributed by atoms with Crippen molar-refractivity contribution in [2.75, 3.05) is 19.1 Å². The minimum atomic E-state index is -0.152. The smallest absolute Gasteiger partial charge is 0.251 e. The summed E-state index contributed by atoms with van der Waals surface area (Å²) in [5.41, 5.74) is 3.88. The average molecular weight is 266 g/mol. The fourth-order valence-electron chi connectivity index (χ4n) is 1.78. The summed E-state index contributed by atoms with van der Waals surface area (Å²) in [4.78, 5) is 16.4. The molecule has 1 rings (SSSR count). The number of nitrogens with zero attached hydrogens (tertiary/aromatic N) is 1. The maximum atomic E-state index is 12.1. The van der Waals surface area contributed by atoms with Gasteiger partial charge in [0.15, 0.2) is 0 Å². The molecule has 0 aliphatic carbocycles. The summed E-state index contributed by atoms with van der Waals surface area (Å²) in [5.74, 6) is 5.71. The second-order valence-electron chi connectivity index (χ2n) is 4.46. The molecule has 4 N–H and O–H groups in total. The van der Waals surface area contributed by atoms with Crippen LogP contribution in [-0.4, -0.2) is 30.6 Å². The fraction of sp³-hybridized carbons (Fsp3) is 0.538. The standard InChI is InChI=1S/C13H22N4O2/c1-4-5-11-6-10(7-12(16-11)17-14)13(18)15-9(2)8-19-3/h6-7,9H,4-5,8,14H2,1-3H3,(H,15,18)(H,16,17). The SMILES string of the molecule is CCCc1cc(C(=O)NC(C)COC)cc(NN)n1. The Morgan fingerprint density at radius 1 is 1.53 bits per heavy atom. The molecule has 19 heavy (non-hydrogen) atoms. The second-order valence-corrected chi connectivity index (χ2v) is 4.46. The van der Waals surface area contributed by atoms with E-state index in [1.165, 1.54) is 0 Å². The highest BCUT2D eigenvalue weighted by Crippen LogP contribution is 2.11. The number of anilines is 1. The highest BCUT2D eigenvalue weighted by atomic mass is 16.5. The summed E-state index contributed by atoms with van der Waals surface area (Å²) in [6, 6.07) is 3.38. The van der Waals surface area contributed by atoms with Crippen LogP contribution < -0.4 is 16.6 Å². The molecule has 6 heteroatoms. The first-order valence-corrected chi connectivity index (χ1v) is 6.38. The van der Waals surface area contributed by atoms with Gasteiger partial charge in [-0.2, -0.15) is 0 Å². The monoisotopic (exact) mass is 266 g/mol. The molecule has 0 fully saturated rings. The number of pyridine rings is 1. The number of hydrazine groups is 1. The Hall–Kier alpha value is -1.66. The summed E-state index contributed by atoms with van der Waals surface area (Å²) in [5, 5.41) is 2.86. The lowest BCUT2D eigenvalue weighted by atomic mass is 10.1. The van der Waals surface area contributed by atoms with E-state index in [1.807, 2.05) is 6.92 Å². The Kier molecular flexibility index (Phi) is 6.24. The Bertz CT molecular complexity index is 423. The maximum absolute atomic E-state index is 12.1. The first kappa shape index (κ1) is 15.4. The summed E-state index contributed by atoms with van der Waals surface area (Å²) < 4.78 is 4.99. The molecule has 0 bridgehead atoms. The topological polar surface area (TPSA) is 89.3 Å². The fourth-order valence-corrected chi connectivity index (χ4v) is 1.78. The number of nitrogen functional groups attached to an aromatic ring is 1. The summed E-state index contributed by atoms with van der Waals surface area (Å²) in [6.07, 6.45) is 1.77. The van der Waals surface area contributed by atoms with E-state index in [1.54, 1.807) is 19.2 Å². The summed E-state index contributed by atoms with van der Waals surface area (Å²) >= 11 is 0. The number of methoxy groups -OCH3 is 1. The molecule has 0 spiro atoms. The van der Waals surface area contributed by atoms with Gasteiger partial charge in [0.05, 0.1) is 6.61 Å². The molecule has 106 valence electrons. The van der Waals surface area contributed by atoms with Gasteiger partial charge in [-0.15, -0.1) is 0 Å². The molecule has 1 aromatic rings. The molecule has 1 amide bonds. The van der Waals surface area contributed by atoms with E-state index in [9.17, 15) is 4.79 Å². The second kappa shape index (κ2) is 7.70. The van der Waals surface area contributed by atoms with E-state index in [2.05, 4.69) is 22.7 Å². The third-order valence-corrected chi connectivity index (χ3v) is 2.59. The minimum Gasteiger partial charge on any atom is -0.383 e. The number of hydrogen-bond donors (Lipinski definition) is 3. The number of nitrogens with one attached hydrogen (secondary N) is 2. The number of carbonyl (C=O) groups is 1. The predicted octanol–water partition coefficient (Wildman–Crippen LogP) is 1.08. The van der Waals surface area contributed by atoms with Crippen molar-refractivity contribution >= 4 is 11.7 Å². The molecule has 1 atom stereocenters. The molecule has 0 aliphatic heterocycles. The van der Waals surface area contributed by atoms with Crippen LogP contribution in [0, 0.1) is 0 Å². The van der Waals surface area contributed by atoms with Crippen molar-refractivity contribution in [3.8, 4) is 0 Å². The van der Waals surface area contributed by atoms with Crippen LogP contribution in [0.4, 0.5) is 5.82 Å². The molecule has 6 nitrogen and oxygen atoms in total. The Balaban J connectivity index is 2.85. The molecule has 0 aliphatic rings. The van der Waals surface area contributed by atoms with Gasteiger partial charge in [-0.1, -0.05) is 13.3 Å². The average Bonchev–Trinajstić information content (AvgIpc) is 2.38. The molecule has 1 heterocycles. The molecule has 1 aromatic heterocycles. The van der Waals surface area contributed by atoms with Gasteiger partial charge < -0.3 is 15.5 Å². The number of amides is 1. The molecule has 0 aromatic carbocycles. The van der Waals surface area contributed by atoms with E-state index >= 15 is 0 Å². The molecule has 0 saturated carbocycles. The zero-order chi connectivity index (χ0) is 14.3. The van der Waals surface area contributed by atoms with Gasteiger partial charge in [-0.05, 0) is 25.5 Å². The number of hydrogen-bond acceptors (Lipinski definition) is 5. The summed E-state index contributed by atoms with van der Waals surface area (Å²) in [6.45, 7) is 4.42. The van der Waals surface area contributed by atoms with Crippen LogP contribution in [0.15, 0.2) is 12.1 Å². The van der Waals surface area contributed by atoms with Crippen molar-refractivity contribution in [1.82, 2.24) is 10.3 Å². The zero-order valence-corrected chi connectivity index (χ0v) is 11.7. The molecular weight excluding hydrogens is 244 g/mol. The lowest BCUT2D eigenvalue weighted by molar-refractivity contribution is 0.0905.